The highest BCUT2D eigenvalue weighted by Gasteiger charge is 2.37. The Morgan fingerprint density at radius 3 is 2.84 bits per heavy atom. The molecule has 2 atom stereocenters. The second kappa shape index (κ2) is 6.19. The van der Waals surface area contributed by atoms with Gasteiger partial charge >= 0.3 is 0 Å². The number of nitrogens with one attached hydrogen (secondary N) is 1. The molecule has 0 radical (unpaired) electrons. The summed E-state index contributed by atoms with van der Waals surface area (Å²) < 4.78 is 3.67. The summed E-state index contributed by atoms with van der Waals surface area (Å²) >= 11 is 5.82. The van der Waals surface area contributed by atoms with Crippen molar-refractivity contribution in [1.29, 1.82) is 0 Å². The van der Waals surface area contributed by atoms with Crippen molar-refractivity contribution in [3.63, 3.8) is 0 Å². The minimum atomic E-state index is 0.352. The van der Waals surface area contributed by atoms with Gasteiger partial charge in [0.25, 0.3) is 0 Å². The van der Waals surface area contributed by atoms with Crippen molar-refractivity contribution < 1.29 is 0 Å². The molecule has 0 aliphatic carbocycles. The Labute approximate surface area is 129 Å². The quantitative estimate of drug-likeness (QED) is 0.886. The Morgan fingerprint density at radius 2 is 2.32 bits per heavy atom. The van der Waals surface area contributed by atoms with Gasteiger partial charge in [-0.05, 0) is 62.3 Å². The van der Waals surface area contributed by atoms with E-state index in [1.54, 1.807) is 0 Å². The van der Waals surface area contributed by atoms with Gasteiger partial charge in [-0.2, -0.15) is 16.9 Å². The summed E-state index contributed by atoms with van der Waals surface area (Å²) in [4.78, 5) is 0. The molecule has 1 fully saturated rings. The van der Waals surface area contributed by atoms with Gasteiger partial charge in [0.05, 0.1) is 15.9 Å². The lowest BCUT2D eigenvalue weighted by Crippen LogP contribution is -2.45. The van der Waals surface area contributed by atoms with Crippen LogP contribution in [0, 0.1) is 6.92 Å². The Bertz CT molecular complexity index is 438. The van der Waals surface area contributed by atoms with Gasteiger partial charge in [-0.15, -0.1) is 0 Å². The molecule has 0 spiro atoms. The fourth-order valence-electron chi connectivity index (χ4n) is 2.96. The standard InChI is InChI=1S/C14H24BrN3S/c1-5-18-11(13(15)10(2)17-18)9-12(16-4)14(3)7-6-8-19-14/h12,16H,5-9H2,1-4H3. The SMILES string of the molecule is CCn1nc(C)c(Br)c1CC(NC)C1(C)CCCS1. The second-order valence-corrected chi connectivity index (χ2v) is 7.89. The van der Waals surface area contributed by atoms with Crippen LogP contribution in [-0.2, 0) is 13.0 Å². The Balaban J connectivity index is 2.23. The molecule has 1 aliphatic rings. The van der Waals surface area contributed by atoms with Crippen LogP contribution in [0.4, 0.5) is 0 Å². The van der Waals surface area contributed by atoms with E-state index in [0.29, 0.717) is 10.8 Å². The molecule has 0 amide bonds. The third-order valence-corrected chi connectivity index (χ3v) is 6.86. The van der Waals surface area contributed by atoms with E-state index in [0.717, 1.165) is 18.7 Å². The van der Waals surface area contributed by atoms with E-state index in [-0.39, 0.29) is 0 Å². The van der Waals surface area contributed by atoms with Crippen LogP contribution in [0.25, 0.3) is 0 Å². The Hall–Kier alpha value is -0.0000000000000000555. The summed E-state index contributed by atoms with van der Waals surface area (Å²) in [5, 5.41) is 8.14. The predicted octanol–water partition coefficient (Wildman–Crippen LogP) is 3.39. The van der Waals surface area contributed by atoms with E-state index in [1.165, 1.54) is 28.8 Å². The van der Waals surface area contributed by atoms with Crippen LogP contribution in [0.2, 0.25) is 0 Å². The van der Waals surface area contributed by atoms with E-state index < -0.39 is 0 Å². The molecule has 0 bridgehead atoms. The molecule has 0 aromatic carbocycles. The van der Waals surface area contributed by atoms with Crippen molar-refractivity contribution in [2.75, 3.05) is 12.8 Å². The third-order valence-electron chi connectivity index (χ3n) is 4.19. The van der Waals surface area contributed by atoms with Crippen LogP contribution in [-0.4, -0.2) is 33.4 Å². The van der Waals surface area contributed by atoms with E-state index in [1.807, 2.05) is 0 Å². The molecule has 2 heterocycles. The molecule has 1 saturated heterocycles. The fraction of sp³-hybridized carbons (Fsp3) is 0.786. The van der Waals surface area contributed by atoms with Crippen molar-refractivity contribution in [2.24, 2.45) is 0 Å². The average Bonchev–Trinajstić information content (AvgIpc) is 2.94. The number of hydrogen-bond donors (Lipinski definition) is 1. The monoisotopic (exact) mass is 345 g/mol. The zero-order chi connectivity index (χ0) is 14.0. The Kier molecular flexibility index (Phi) is 5.01. The molecule has 2 unspecified atom stereocenters. The molecule has 1 aromatic rings. The third kappa shape index (κ3) is 3.03. The average molecular weight is 346 g/mol. The summed E-state index contributed by atoms with van der Waals surface area (Å²) in [6, 6.07) is 0.498. The number of aryl methyl sites for hydroxylation is 2. The molecule has 1 aliphatic heterocycles. The van der Waals surface area contributed by atoms with E-state index >= 15 is 0 Å². The largest absolute Gasteiger partial charge is 0.315 e. The van der Waals surface area contributed by atoms with Gasteiger partial charge in [0.1, 0.15) is 0 Å². The first kappa shape index (κ1) is 15.4. The van der Waals surface area contributed by atoms with Gasteiger partial charge < -0.3 is 5.32 Å². The summed E-state index contributed by atoms with van der Waals surface area (Å²) in [5.74, 6) is 1.29. The molecule has 3 nitrogen and oxygen atoms in total. The summed E-state index contributed by atoms with van der Waals surface area (Å²) in [5.41, 5.74) is 2.42. The summed E-state index contributed by atoms with van der Waals surface area (Å²) in [6.07, 6.45) is 3.68. The number of halogens is 1. The van der Waals surface area contributed by atoms with Gasteiger partial charge in [-0.1, -0.05) is 0 Å². The molecule has 19 heavy (non-hydrogen) atoms. The number of thioether (sulfide) groups is 1. The van der Waals surface area contributed by atoms with Gasteiger partial charge in [-0.25, -0.2) is 0 Å². The fourth-order valence-corrected chi connectivity index (χ4v) is 4.85. The van der Waals surface area contributed by atoms with Crippen molar-refractivity contribution in [2.45, 2.75) is 57.4 Å². The lowest BCUT2D eigenvalue weighted by atomic mass is 9.92. The highest BCUT2D eigenvalue weighted by atomic mass is 79.9. The molecule has 1 aromatic heterocycles. The van der Waals surface area contributed by atoms with Crippen molar-refractivity contribution in [3.8, 4) is 0 Å². The first-order valence-corrected chi connectivity index (χ1v) is 8.82. The lowest BCUT2D eigenvalue weighted by molar-refractivity contribution is 0.412. The van der Waals surface area contributed by atoms with Gasteiger partial charge in [0, 0.05) is 23.8 Å². The number of likely N-dealkylation sites (N-methyl/N-ethyl adjacent to an activating group) is 1. The molecule has 2 rings (SSSR count). The number of nitrogens with zero attached hydrogens (tertiary/aromatic N) is 2. The zero-order valence-corrected chi connectivity index (χ0v) is 14.7. The maximum Gasteiger partial charge on any atom is 0.0738 e. The maximum absolute atomic E-state index is 4.60. The van der Waals surface area contributed by atoms with E-state index in [2.05, 4.69) is 70.6 Å². The molecule has 1 N–H and O–H groups in total. The van der Waals surface area contributed by atoms with E-state index in [9.17, 15) is 0 Å². The van der Waals surface area contributed by atoms with Crippen LogP contribution in [0.3, 0.4) is 0 Å². The van der Waals surface area contributed by atoms with Crippen LogP contribution in [0.15, 0.2) is 4.47 Å². The topological polar surface area (TPSA) is 29.9 Å². The van der Waals surface area contributed by atoms with Crippen LogP contribution in [0.1, 0.15) is 38.1 Å². The molecular weight excluding hydrogens is 322 g/mol. The zero-order valence-electron chi connectivity index (χ0n) is 12.3. The second-order valence-electron chi connectivity index (χ2n) is 5.47. The van der Waals surface area contributed by atoms with Crippen molar-refractivity contribution in [3.05, 3.63) is 15.9 Å². The van der Waals surface area contributed by atoms with Crippen LogP contribution >= 0.6 is 27.7 Å². The molecule has 5 heteroatoms. The lowest BCUT2D eigenvalue weighted by Gasteiger charge is -2.33. The number of aromatic nitrogens is 2. The highest BCUT2D eigenvalue weighted by Crippen LogP contribution is 2.41. The smallest absolute Gasteiger partial charge is 0.0738 e. The number of hydrogen-bond acceptors (Lipinski definition) is 3. The number of rotatable bonds is 5. The maximum atomic E-state index is 4.60. The first-order chi connectivity index (χ1) is 9.01. The molecule has 108 valence electrons. The minimum absolute atomic E-state index is 0.352. The van der Waals surface area contributed by atoms with Crippen LogP contribution < -0.4 is 5.32 Å². The Morgan fingerprint density at radius 1 is 1.58 bits per heavy atom. The van der Waals surface area contributed by atoms with Gasteiger partial charge in [0.15, 0.2) is 0 Å². The summed E-state index contributed by atoms with van der Waals surface area (Å²) in [7, 11) is 2.09. The van der Waals surface area contributed by atoms with E-state index in [4.69, 9.17) is 0 Å². The van der Waals surface area contributed by atoms with Crippen LogP contribution in [0.5, 0.6) is 0 Å². The first-order valence-electron chi connectivity index (χ1n) is 7.05. The van der Waals surface area contributed by atoms with Gasteiger partial charge in [-0.3, -0.25) is 4.68 Å². The minimum Gasteiger partial charge on any atom is -0.315 e. The predicted molar refractivity (Wildman–Crippen MR) is 87.0 cm³/mol. The normalized spacial score (nSPS) is 24.9. The summed E-state index contributed by atoms with van der Waals surface area (Å²) in [6.45, 7) is 7.56. The van der Waals surface area contributed by atoms with Crippen molar-refractivity contribution in [1.82, 2.24) is 15.1 Å². The van der Waals surface area contributed by atoms with Crippen molar-refractivity contribution >= 4 is 27.7 Å². The molecule has 0 saturated carbocycles. The molecular formula is C14H24BrN3S. The highest BCUT2D eigenvalue weighted by molar-refractivity contribution is 9.10. The van der Waals surface area contributed by atoms with Gasteiger partial charge in [0.2, 0.25) is 0 Å².